The minimum Gasteiger partial charge on any atom is -0.493 e. The molecule has 0 fully saturated rings. The van der Waals surface area contributed by atoms with Crippen molar-refractivity contribution < 1.29 is 19.4 Å². The van der Waals surface area contributed by atoms with Crippen molar-refractivity contribution >= 4 is 11.9 Å². The highest BCUT2D eigenvalue weighted by molar-refractivity contribution is 5.83. The molecule has 1 unspecified atom stereocenters. The standard InChI is InChI=1S/C16H23NO4/c1-4-12(3)15(16(19)20)17-14(18)8-9-21-13-7-5-6-11(2)10-13/h5-7,10,12,15H,4,8-9H2,1-3H3,(H,17,18)(H,19,20)/t12?,15-/m0/s1. The van der Waals surface area contributed by atoms with Crippen LogP contribution in [0.15, 0.2) is 24.3 Å². The fourth-order valence-electron chi connectivity index (χ4n) is 1.90. The quantitative estimate of drug-likeness (QED) is 0.771. The Balaban J connectivity index is 2.41. The lowest BCUT2D eigenvalue weighted by atomic mass is 9.99. The highest BCUT2D eigenvalue weighted by Gasteiger charge is 2.24. The number of nitrogens with one attached hydrogen (secondary N) is 1. The van der Waals surface area contributed by atoms with E-state index in [0.717, 1.165) is 5.56 Å². The molecular weight excluding hydrogens is 270 g/mol. The molecule has 0 saturated heterocycles. The number of ether oxygens (including phenoxy) is 1. The van der Waals surface area contributed by atoms with E-state index in [0.29, 0.717) is 12.2 Å². The molecule has 0 aliphatic carbocycles. The van der Waals surface area contributed by atoms with Crippen LogP contribution in [0.4, 0.5) is 0 Å². The summed E-state index contributed by atoms with van der Waals surface area (Å²) in [5, 5.41) is 11.7. The molecule has 0 saturated carbocycles. The number of carbonyl (C=O) groups excluding carboxylic acids is 1. The zero-order valence-corrected chi connectivity index (χ0v) is 12.8. The molecule has 0 bridgehead atoms. The van der Waals surface area contributed by atoms with Gasteiger partial charge in [-0.25, -0.2) is 4.79 Å². The Hall–Kier alpha value is -2.04. The van der Waals surface area contributed by atoms with E-state index in [1.807, 2.05) is 45.0 Å². The summed E-state index contributed by atoms with van der Waals surface area (Å²) >= 11 is 0. The summed E-state index contributed by atoms with van der Waals surface area (Å²) in [6, 6.07) is 6.71. The average Bonchev–Trinajstić information content (AvgIpc) is 2.43. The summed E-state index contributed by atoms with van der Waals surface area (Å²) < 4.78 is 5.48. The van der Waals surface area contributed by atoms with Gasteiger partial charge >= 0.3 is 5.97 Å². The fraction of sp³-hybridized carbons (Fsp3) is 0.500. The van der Waals surface area contributed by atoms with Gasteiger partial charge < -0.3 is 15.2 Å². The van der Waals surface area contributed by atoms with E-state index < -0.39 is 12.0 Å². The number of rotatable bonds is 8. The third kappa shape index (κ3) is 5.85. The molecule has 0 heterocycles. The van der Waals surface area contributed by atoms with E-state index in [2.05, 4.69) is 5.32 Å². The lowest BCUT2D eigenvalue weighted by molar-refractivity contribution is -0.143. The molecule has 0 radical (unpaired) electrons. The Bertz CT molecular complexity index is 487. The Morgan fingerprint density at radius 2 is 2.10 bits per heavy atom. The molecule has 1 aromatic carbocycles. The van der Waals surface area contributed by atoms with Gasteiger partial charge in [-0.05, 0) is 30.5 Å². The lowest BCUT2D eigenvalue weighted by Crippen LogP contribution is -2.45. The first kappa shape index (κ1) is 17.0. The van der Waals surface area contributed by atoms with E-state index in [1.165, 1.54) is 0 Å². The van der Waals surface area contributed by atoms with Crippen molar-refractivity contribution in [3.8, 4) is 5.75 Å². The molecule has 2 atom stereocenters. The van der Waals surface area contributed by atoms with E-state index in [9.17, 15) is 9.59 Å². The molecule has 1 aromatic rings. The van der Waals surface area contributed by atoms with Gasteiger partial charge in [-0.3, -0.25) is 4.79 Å². The van der Waals surface area contributed by atoms with Crippen molar-refractivity contribution in [2.45, 2.75) is 39.7 Å². The normalized spacial score (nSPS) is 13.3. The van der Waals surface area contributed by atoms with Gasteiger partial charge in [0, 0.05) is 0 Å². The molecule has 0 aliphatic rings. The van der Waals surface area contributed by atoms with Gasteiger partial charge in [0.15, 0.2) is 0 Å². The number of amides is 1. The summed E-state index contributed by atoms with van der Waals surface area (Å²) in [5.41, 5.74) is 1.08. The molecular formula is C16H23NO4. The second-order valence-corrected chi connectivity index (χ2v) is 5.18. The average molecular weight is 293 g/mol. The first-order valence-corrected chi connectivity index (χ1v) is 7.15. The molecule has 5 nitrogen and oxygen atoms in total. The highest BCUT2D eigenvalue weighted by atomic mass is 16.5. The van der Waals surface area contributed by atoms with Crippen LogP contribution in [0.1, 0.15) is 32.3 Å². The van der Waals surface area contributed by atoms with Crippen LogP contribution in [0, 0.1) is 12.8 Å². The van der Waals surface area contributed by atoms with E-state index >= 15 is 0 Å². The first-order chi connectivity index (χ1) is 9.93. The van der Waals surface area contributed by atoms with Crippen LogP contribution in [-0.2, 0) is 9.59 Å². The lowest BCUT2D eigenvalue weighted by Gasteiger charge is -2.20. The Kier molecular flexibility index (Phi) is 6.72. The first-order valence-electron chi connectivity index (χ1n) is 7.15. The zero-order chi connectivity index (χ0) is 15.8. The van der Waals surface area contributed by atoms with Crippen molar-refractivity contribution in [2.75, 3.05) is 6.61 Å². The molecule has 1 amide bonds. The molecule has 0 aliphatic heterocycles. The van der Waals surface area contributed by atoms with Crippen LogP contribution in [0.3, 0.4) is 0 Å². The van der Waals surface area contributed by atoms with Gasteiger partial charge in [0.2, 0.25) is 5.91 Å². The number of carboxylic acid groups (broad SMARTS) is 1. The Labute approximate surface area is 125 Å². The van der Waals surface area contributed by atoms with Crippen molar-refractivity contribution in [1.82, 2.24) is 5.32 Å². The van der Waals surface area contributed by atoms with Crippen molar-refractivity contribution in [3.05, 3.63) is 29.8 Å². The SMILES string of the molecule is CCC(C)[C@H](NC(=O)CCOc1cccc(C)c1)C(=O)O. The summed E-state index contributed by atoms with van der Waals surface area (Å²) in [4.78, 5) is 22.9. The van der Waals surface area contributed by atoms with Gasteiger partial charge in [-0.15, -0.1) is 0 Å². The monoisotopic (exact) mass is 293 g/mol. The number of benzene rings is 1. The van der Waals surface area contributed by atoms with Gasteiger partial charge in [-0.2, -0.15) is 0 Å². The highest BCUT2D eigenvalue weighted by Crippen LogP contribution is 2.12. The molecule has 0 spiro atoms. The van der Waals surface area contributed by atoms with Crippen LogP contribution < -0.4 is 10.1 Å². The minimum atomic E-state index is -1.00. The zero-order valence-electron chi connectivity index (χ0n) is 12.8. The van der Waals surface area contributed by atoms with E-state index in [1.54, 1.807) is 0 Å². The summed E-state index contributed by atoms with van der Waals surface area (Å²) in [5.74, 6) is -0.712. The molecule has 21 heavy (non-hydrogen) atoms. The van der Waals surface area contributed by atoms with Crippen molar-refractivity contribution in [3.63, 3.8) is 0 Å². The summed E-state index contributed by atoms with van der Waals surface area (Å²) in [6.45, 7) is 5.89. The number of hydrogen-bond acceptors (Lipinski definition) is 3. The number of carboxylic acids is 1. The molecule has 5 heteroatoms. The van der Waals surface area contributed by atoms with Gasteiger partial charge in [0.25, 0.3) is 0 Å². The number of carbonyl (C=O) groups is 2. The maximum atomic E-state index is 11.8. The minimum absolute atomic E-state index is 0.107. The largest absolute Gasteiger partial charge is 0.493 e. The van der Waals surface area contributed by atoms with E-state index in [4.69, 9.17) is 9.84 Å². The Morgan fingerprint density at radius 1 is 1.38 bits per heavy atom. The van der Waals surface area contributed by atoms with Crippen LogP contribution in [0.25, 0.3) is 0 Å². The van der Waals surface area contributed by atoms with Crippen molar-refractivity contribution in [1.29, 1.82) is 0 Å². The van der Waals surface area contributed by atoms with Gasteiger partial charge in [0.05, 0.1) is 13.0 Å². The number of aliphatic carboxylic acids is 1. The molecule has 116 valence electrons. The third-order valence-electron chi connectivity index (χ3n) is 3.38. The predicted molar refractivity (Wildman–Crippen MR) is 80.3 cm³/mol. The second-order valence-electron chi connectivity index (χ2n) is 5.18. The maximum Gasteiger partial charge on any atom is 0.326 e. The van der Waals surface area contributed by atoms with Gasteiger partial charge in [-0.1, -0.05) is 32.4 Å². The third-order valence-corrected chi connectivity index (χ3v) is 3.38. The molecule has 0 aromatic heterocycles. The van der Waals surface area contributed by atoms with Crippen molar-refractivity contribution in [2.24, 2.45) is 5.92 Å². The predicted octanol–water partition coefficient (Wildman–Crippen LogP) is 2.38. The summed E-state index contributed by atoms with van der Waals surface area (Å²) in [6.07, 6.45) is 0.825. The topological polar surface area (TPSA) is 75.6 Å². The molecule has 2 N–H and O–H groups in total. The van der Waals surface area contributed by atoms with Crippen LogP contribution in [0.5, 0.6) is 5.75 Å². The number of hydrogen-bond donors (Lipinski definition) is 2. The maximum absolute atomic E-state index is 11.8. The molecule has 1 rings (SSSR count). The van der Waals surface area contributed by atoms with Crippen LogP contribution in [-0.4, -0.2) is 29.6 Å². The van der Waals surface area contributed by atoms with Crippen LogP contribution >= 0.6 is 0 Å². The Morgan fingerprint density at radius 3 is 2.67 bits per heavy atom. The van der Waals surface area contributed by atoms with Crippen LogP contribution in [0.2, 0.25) is 0 Å². The summed E-state index contributed by atoms with van der Waals surface area (Å²) in [7, 11) is 0. The van der Waals surface area contributed by atoms with Gasteiger partial charge in [0.1, 0.15) is 11.8 Å². The fourth-order valence-corrected chi connectivity index (χ4v) is 1.90. The smallest absolute Gasteiger partial charge is 0.326 e. The number of aryl methyl sites for hydroxylation is 1. The van der Waals surface area contributed by atoms with E-state index in [-0.39, 0.29) is 24.9 Å². The second kappa shape index (κ2) is 8.29.